The Morgan fingerprint density at radius 2 is 1.03 bits per heavy atom. The predicted octanol–water partition coefficient (Wildman–Crippen LogP) is 6.86. The summed E-state index contributed by atoms with van der Waals surface area (Å²) in [5.41, 5.74) is 7.19. The zero-order valence-corrected chi connectivity index (χ0v) is 16.3. The molecular weight excluding hydrogens is 356 g/mol. The van der Waals surface area contributed by atoms with Crippen molar-refractivity contribution in [2.45, 2.75) is 6.92 Å². The Morgan fingerprint density at radius 1 is 0.586 bits per heavy atom. The molecule has 0 atom stereocenters. The highest BCUT2D eigenvalue weighted by molar-refractivity contribution is 5.97. The van der Waals surface area contributed by atoms with Crippen molar-refractivity contribution >= 4 is 5.97 Å². The molecule has 0 aliphatic carbocycles. The van der Waals surface area contributed by atoms with Crippen LogP contribution in [0.4, 0.5) is 0 Å². The first-order chi connectivity index (χ1) is 14.3. The smallest absolute Gasteiger partial charge is 0.338 e. The molecule has 142 valence electrons. The number of rotatable bonds is 5. The first kappa shape index (κ1) is 18.7. The molecule has 0 bridgehead atoms. The highest BCUT2D eigenvalue weighted by Crippen LogP contribution is 2.33. The Balaban J connectivity index is 1.72. The highest BCUT2D eigenvalue weighted by Gasteiger charge is 2.13. The van der Waals surface area contributed by atoms with Gasteiger partial charge in [-0.1, -0.05) is 97.1 Å². The zero-order chi connectivity index (χ0) is 20.1. The molecule has 0 aromatic heterocycles. The number of hydrogen-bond donors (Lipinski definition) is 0. The lowest BCUT2D eigenvalue weighted by Gasteiger charge is -2.12. The van der Waals surface area contributed by atoms with E-state index < -0.39 is 0 Å². The van der Waals surface area contributed by atoms with Crippen molar-refractivity contribution in [2.75, 3.05) is 6.61 Å². The highest BCUT2D eigenvalue weighted by atomic mass is 16.5. The maximum atomic E-state index is 12.3. The van der Waals surface area contributed by atoms with Crippen molar-refractivity contribution in [1.82, 2.24) is 0 Å². The van der Waals surface area contributed by atoms with Gasteiger partial charge in [-0.15, -0.1) is 0 Å². The molecule has 0 spiro atoms. The van der Waals surface area contributed by atoms with E-state index in [0.29, 0.717) is 12.2 Å². The zero-order valence-electron chi connectivity index (χ0n) is 16.3. The van der Waals surface area contributed by atoms with E-state index in [0.717, 1.165) is 16.7 Å². The van der Waals surface area contributed by atoms with E-state index in [1.807, 2.05) is 37.3 Å². The summed E-state index contributed by atoms with van der Waals surface area (Å²) in [6, 6.07) is 34.7. The van der Waals surface area contributed by atoms with Crippen molar-refractivity contribution in [3.8, 4) is 33.4 Å². The van der Waals surface area contributed by atoms with Crippen molar-refractivity contribution < 1.29 is 9.53 Å². The Morgan fingerprint density at radius 3 is 1.62 bits per heavy atom. The predicted molar refractivity (Wildman–Crippen MR) is 119 cm³/mol. The molecule has 0 saturated heterocycles. The number of benzene rings is 4. The average molecular weight is 378 g/mol. The van der Waals surface area contributed by atoms with Gasteiger partial charge in [-0.05, 0) is 46.4 Å². The van der Waals surface area contributed by atoms with Crippen LogP contribution in [0.5, 0.6) is 0 Å². The van der Waals surface area contributed by atoms with Crippen LogP contribution in [-0.2, 0) is 4.74 Å². The van der Waals surface area contributed by atoms with Gasteiger partial charge in [0.1, 0.15) is 0 Å². The van der Waals surface area contributed by atoms with Crippen molar-refractivity contribution in [3.05, 3.63) is 109 Å². The van der Waals surface area contributed by atoms with Gasteiger partial charge < -0.3 is 4.74 Å². The molecule has 0 saturated carbocycles. The van der Waals surface area contributed by atoms with Crippen LogP contribution >= 0.6 is 0 Å². The van der Waals surface area contributed by atoms with Crippen LogP contribution in [0.3, 0.4) is 0 Å². The molecule has 4 aromatic carbocycles. The van der Waals surface area contributed by atoms with Gasteiger partial charge in [0.2, 0.25) is 0 Å². The minimum Gasteiger partial charge on any atom is -0.462 e. The maximum absolute atomic E-state index is 12.3. The van der Waals surface area contributed by atoms with Gasteiger partial charge in [-0.2, -0.15) is 0 Å². The molecule has 4 aromatic rings. The fourth-order valence-corrected chi connectivity index (χ4v) is 3.56. The summed E-state index contributed by atoms with van der Waals surface area (Å²) in [4.78, 5) is 12.3. The van der Waals surface area contributed by atoms with E-state index in [4.69, 9.17) is 4.74 Å². The number of carbonyl (C=O) groups is 1. The third-order valence-corrected chi connectivity index (χ3v) is 4.94. The van der Waals surface area contributed by atoms with E-state index in [2.05, 4.69) is 72.8 Å². The molecule has 0 radical (unpaired) electrons. The molecule has 29 heavy (non-hydrogen) atoms. The molecule has 0 unspecified atom stereocenters. The van der Waals surface area contributed by atoms with E-state index in [-0.39, 0.29) is 5.97 Å². The Bertz CT molecular complexity index is 1110. The lowest BCUT2D eigenvalue weighted by molar-refractivity contribution is 0.0527. The summed E-state index contributed by atoms with van der Waals surface area (Å²) in [6.45, 7) is 2.18. The molecule has 0 N–H and O–H groups in total. The van der Waals surface area contributed by atoms with Crippen LogP contribution in [0.25, 0.3) is 33.4 Å². The molecule has 0 aliphatic rings. The molecule has 0 fully saturated rings. The van der Waals surface area contributed by atoms with Crippen molar-refractivity contribution in [2.24, 2.45) is 0 Å². The number of ether oxygens (including phenoxy) is 1. The van der Waals surface area contributed by atoms with E-state index in [1.54, 1.807) is 0 Å². The lowest BCUT2D eigenvalue weighted by Crippen LogP contribution is -2.06. The summed E-state index contributed by atoms with van der Waals surface area (Å²) in [5, 5.41) is 0. The summed E-state index contributed by atoms with van der Waals surface area (Å²) < 4.78 is 5.21. The second-order valence-electron chi connectivity index (χ2n) is 6.76. The summed E-state index contributed by atoms with van der Waals surface area (Å²) in [7, 11) is 0. The van der Waals surface area contributed by atoms with Gasteiger partial charge in [-0.3, -0.25) is 0 Å². The maximum Gasteiger partial charge on any atom is 0.338 e. The van der Waals surface area contributed by atoms with E-state index in [1.165, 1.54) is 16.7 Å². The van der Waals surface area contributed by atoms with Crippen LogP contribution in [-0.4, -0.2) is 12.6 Å². The Hall–Kier alpha value is -3.65. The molecule has 2 heteroatoms. The molecule has 4 rings (SSSR count). The van der Waals surface area contributed by atoms with Crippen LogP contribution in [0, 0.1) is 0 Å². The van der Waals surface area contributed by atoms with Crippen LogP contribution in [0.15, 0.2) is 103 Å². The molecule has 2 nitrogen and oxygen atoms in total. The molecule has 0 amide bonds. The van der Waals surface area contributed by atoms with Crippen LogP contribution < -0.4 is 0 Å². The number of esters is 1. The second kappa shape index (κ2) is 8.57. The van der Waals surface area contributed by atoms with Crippen LogP contribution in [0.1, 0.15) is 17.3 Å². The molecule has 0 heterocycles. The number of hydrogen-bond acceptors (Lipinski definition) is 2. The van der Waals surface area contributed by atoms with E-state index >= 15 is 0 Å². The average Bonchev–Trinajstić information content (AvgIpc) is 2.80. The first-order valence-electron chi connectivity index (χ1n) is 9.79. The minimum atomic E-state index is -0.290. The second-order valence-corrected chi connectivity index (χ2v) is 6.76. The van der Waals surface area contributed by atoms with Gasteiger partial charge in [-0.25, -0.2) is 4.79 Å². The summed E-state index contributed by atoms with van der Waals surface area (Å²) >= 11 is 0. The molecule has 0 aliphatic heterocycles. The third kappa shape index (κ3) is 3.97. The topological polar surface area (TPSA) is 26.3 Å². The van der Waals surface area contributed by atoms with Gasteiger partial charge >= 0.3 is 5.97 Å². The van der Waals surface area contributed by atoms with E-state index in [9.17, 15) is 4.79 Å². The van der Waals surface area contributed by atoms with Crippen molar-refractivity contribution in [1.29, 1.82) is 0 Å². The SMILES string of the molecule is CCOC(=O)c1ccccc1-c1ccc(-c2ccccc2-c2ccccc2)cc1. The lowest BCUT2D eigenvalue weighted by atomic mass is 9.92. The van der Waals surface area contributed by atoms with Gasteiger partial charge in [0.05, 0.1) is 12.2 Å². The largest absolute Gasteiger partial charge is 0.462 e. The minimum absolute atomic E-state index is 0.290. The first-order valence-corrected chi connectivity index (χ1v) is 9.79. The normalized spacial score (nSPS) is 10.5. The van der Waals surface area contributed by atoms with Crippen molar-refractivity contribution in [3.63, 3.8) is 0 Å². The Labute approximate surface area is 171 Å². The quantitative estimate of drug-likeness (QED) is 0.354. The van der Waals surface area contributed by atoms with Gasteiger partial charge in [0.25, 0.3) is 0 Å². The molecular formula is C27H22O2. The summed E-state index contributed by atoms with van der Waals surface area (Å²) in [5.74, 6) is -0.290. The number of carbonyl (C=O) groups excluding carboxylic acids is 1. The fraction of sp³-hybridized carbons (Fsp3) is 0.0741. The third-order valence-electron chi connectivity index (χ3n) is 4.94. The van der Waals surface area contributed by atoms with Gasteiger partial charge in [0, 0.05) is 0 Å². The van der Waals surface area contributed by atoms with Crippen LogP contribution in [0.2, 0.25) is 0 Å². The van der Waals surface area contributed by atoms with Gasteiger partial charge in [0.15, 0.2) is 0 Å². The standard InChI is InChI=1S/C27H22O2/c1-2-29-27(28)26-15-9-8-14-25(26)22-18-16-21(17-19-22)24-13-7-6-12-23(24)20-10-4-3-5-11-20/h3-19H,2H2,1H3. The Kier molecular flexibility index (Phi) is 5.53. The summed E-state index contributed by atoms with van der Waals surface area (Å²) in [6.07, 6.45) is 0. The fourth-order valence-electron chi connectivity index (χ4n) is 3.56. The monoisotopic (exact) mass is 378 g/mol.